The number of ether oxygens (including phenoxy) is 1. The molecule has 2 atom stereocenters. The van der Waals surface area contributed by atoms with Crippen LogP contribution < -0.4 is 5.73 Å². The van der Waals surface area contributed by atoms with E-state index in [4.69, 9.17) is 20.0 Å². The molecule has 0 unspecified atom stereocenters. The van der Waals surface area contributed by atoms with E-state index in [0.29, 0.717) is 16.9 Å². The number of rotatable bonds is 2. The van der Waals surface area contributed by atoms with Gasteiger partial charge in [0, 0.05) is 5.56 Å². The molecule has 0 spiro atoms. The molecule has 3 rings (SSSR count). The molecule has 6 heteroatoms. The van der Waals surface area contributed by atoms with Crippen molar-refractivity contribution < 1.29 is 14.3 Å². The standard InChI is InChI=1S/C11H13N3O3/c12-11-10-9(13-5-14-11)7(4-16-10)8-2-1-6(3-15)17-8/h4-6,8,15H,1-3H2,(H2,12,13,14)/t6-,8+/m0/s1. The van der Waals surface area contributed by atoms with Gasteiger partial charge < -0.3 is 20.0 Å². The number of nitrogens with two attached hydrogens (primary N) is 1. The lowest BCUT2D eigenvalue weighted by Gasteiger charge is -2.09. The van der Waals surface area contributed by atoms with Crippen LogP contribution in [0.25, 0.3) is 11.1 Å². The van der Waals surface area contributed by atoms with Crippen LogP contribution in [0.5, 0.6) is 0 Å². The van der Waals surface area contributed by atoms with E-state index in [1.165, 1.54) is 6.33 Å². The van der Waals surface area contributed by atoms with E-state index < -0.39 is 0 Å². The highest BCUT2D eigenvalue weighted by molar-refractivity contribution is 5.84. The van der Waals surface area contributed by atoms with Crippen molar-refractivity contribution in [3.63, 3.8) is 0 Å². The first-order valence-corrected chi connectivity index (χ1v) is 5.53. The van der Waals surface area contributed by atoms with Gasteiger partial charge in [0.25, 0.3) is 0 Å². The molecule has 3 N–H and O–H groups in total. The molecule has 0 amide bonds. The second-order valence-corrected chi connectivity index (χ2v) is 4.13. The first-order valence-electron chi connectivity index (χ1n) is 5.53. The Morgan fingerprint density at radius 3 is 3.06 bits per heavy atom. The summed E-state index contributed by atoms with van der Waals surface area (Å²) in [6.07, 6.45) is 4.54. The fourth-order valence-corrected chi connectivity index (χ4v) is 2.18. The zero-order chi connectivity index (χ0) is 11.8. The number of aliphatic hydroxyl groups is 1. The maximum absolute atomic E-state index is 9.04. The number of nitrogens with zero attached hydrogens (tertiary/aromatic N) is 2. The first kappa shape index (κ1) is 10.5. The lowest BCUT2D eigenvalue weighted by Crippen LogP contribution is -2.10. The predicted molar refractivity (Wildman–Crippen MR) is 60.2 cm³/mol. The predicted octanol–water partition coefficient (Wildman–Crippen LogP) is 1.02. The zero-order valence-electron chi connectivity index (χ0n) is 9.17. The molecular weight excluding hydrogens is 222 g/mol. The van der Waals surface area contributed by atoms with Crippen molar-refractivity contribution in [1.29, 1.82) is 0 Å². The van der Waals surface area contributed by atoms with Crippen LogP contribution in [0.2, 0.25) is 0 Å². The third kappa shape index (κ3) is 1.65. The van der Waals surface area contributed by atoms with E-state index in [0.717, 1.165) is 18.4 Å². The maximum atomic E-state index is 9.04. The van der Waals surface area contributed by atoms with Crippen LogP contribution in [0.1, 0.15) is 24.5 Å². The largest absolute Gasteiger partial charge is 0.458 e. The van der Waals surface area contributed by atoms with Crippen LogP contribution in [0.3, 0.4) is 0 Å². The quantitative estimate of drug-likeness (QED) is 0.806. The summed E-state index contributed by atoms with van der Waals surface area (Å²) in [6.45, 7) is 0.0450. The van der Waals surface area contributed by atoms with Crippen molar-refractivity contribution in [2.75, 3.05) is 12.3 Å². The van der Waals surface area contributed by atoms with Gasteiger partial charge in [-0.3, -0.25) is 0 Å². The van der Waals surface area contributed by atoms with Crippen molar-refractivity contribution >= 4 is 16.9 Å². The van der Waals surface area contributed by atoms with E-state index in [2.05, 4.69) is 9.97 Å². The molecule has 17 heavy (non-hydrogen) atoms. The molecule has 90 valence electrons. The lowest BCUT2D eigenvalue weighted by molar-refractivity contribution is 0.0112. The molecule has 0 radical (unpaired) electrons. The van der Waals surface area contributed by atoms with E-state index >= 15 is 0 Å². The van der Waals surface area contributed by atoms with Crippen molar-refractivity contribution in [3.05, 3.63) is 18.2 Å². The molecule has 2 aromatic rings. The summed E-state index contributed by atoms with van der Waals surface area (Å²) >= 11 is 0. The second-order valence-electron chi connectivity index (χ2n) is 4.13. The van der Waals surface area contributed by atoms with Crippen LogP contribution in [-0.2, 0) is 4.74 Å². The van der Waals surface area contributed by atoms with Crippen molar-refractivity contribution in [1.82, 2.24) is 9.97 Å². The SMILES string of the molecule is Nc1ncnc2c([C@H]3CC[C@@H](CO)O3)coc12. The highest BCUT2D eigenvalue weighted by Gasteiger charge is 2.29. The number of aliphatic hydroxyl groups excluding tert-OH is 1. The van der Waals surface area contributed by atoms with E-state index in [9.17, 15) is 0 Å². The monoisotopic (exact) mass is 235 g/mol. The molecule has 0 aliphatic carbocycles. The number of hydrogen-bond acceptors (Lipinski definition) is 6. The molecular formula is C11H13N3O3. The Morgan fingerprint density at radius 1 is 1.41 bits per heavy atom. The van der Waals surface area contributed by atoms with E-state index in [1.54, 1.807) is 6.26 Å². The number of nitrogen functional groups attached to an aromatic ring is 1. The van der Waals surface area contributed by atoms with Gasteiger partial charge in [0.05, 0.1) is 25.1 Å². The average molecular weight is 235 g/mol. The summed E-state index contributed by atoms with van der Waals surface area (Å²) in [6, 6.07) is 0. The van der Waals surface area contributed by atoms with Gasteiger partial charge in [0.2, 0.25) is 0 Å². The third-order valence-corrected chi connectivity index (χ3v) is 3.07. The number of anilines is 1. The summed E-state index contributed by atoms with van der Waals surface area (Å²) in [5, 5.41) is 9.04. The maximum Gasteiger partial charge on any atom is 0.194 e. The van der Waals surface area contributed by atoms with Gasteiger partial charge >= 0.3 is 0 Å². The Labute approximate surface area is 97.4 Å². The average Bonchev–Trinajstić information content (AvgIpc) is 2.94. The molecule has 1 fully saturated rings. The number of fused-ring (bicyclic) bond motifs is 1. The van der Waals surface area contributed by atoms with Crippen molar-refractivity contribution in [2.24, 2.45) is 0 Å². The van der Waals surface area contributed by atoms with E-state index in [1.807, 2.05) is 0 Å². The smallest absolute Gasteiger partial charge is 0.194 e. The first-order chi connectivity index (χ1) is 8.29. The molecule has 0 bridgehead atoms. The van der Waals surface area contributed by atoms with Crippen LogP contribution >= 0.6 is 0 Å². The van der Waals surface area contributed by atoms with Crippen molar-refractivity contribution in [2.45, 2.75) is 25.0 Å². The molecule has 0 saturated carbocycles. The van der Waals surface area contributed by atoms with E-state index in [-0.39, 0.29) is 18.8 Å². The Bertz CT molecular complexity index is 540. The van der Waals surface area contributed by atoms with Crippen LogP contribution in [0, 0.1) is 0 Å². The highest BCUT2D eigenvalue weighted by Crippen LogP contribution is 2.37. The lowest BCUT2D eigenvalue weighted by atomic mass is 10.1. The fourth-order valence-electron chi connectivity index (χ4n) is 2.18. The zero-order valence-corrected chi connectivity index (χ0v) is 9.17. The summed E-state index contributed by atoms with van der Waals surface area (Å²) in [5.41, 5.74) is 7.77. The normalized spacial score (nSPS) is 24.5. The Hall–Kier alpha value is -1.66. The highest BCUT2D eigenvalue weighted by atomic mass is 16.5. The molecule has 2 aromatic heterocycles. The summed E-state index contributed by atoms with van der Waals surface area (Å²) in [5.74, 6) is 0.331. The van der Waals surface area contributed by atoms with Crippen molar-refractivity contribution in [3.8, 4) is 0 Å². The van der Waals surface area contributed by atoms with Crippen LogP contribution in [0.15, 0.2) is 17.0 Å². The van der Waals surface area contributed by atoms with Gasteiger partial charge in [-0.25, -0.2) is 9.97 Å². The molecule has 1 saturated heterocycles. The Kier molecular flexibility index (Phi) is 2.45. The van der Waals surface area contributed by atoms with Gasteiger partial charge in [0.1, 0.15) is 11.8 Å². The van der Waals surface area contributed by atoms with Gasteiger partial charge in [0.15, 0.2) is 11.4 Å². The summed E-state index contributed by atoms with van der Waals surface area (Å²) in [4.78, 5) is 8.04. The van der Waals surface area contributed by atoms with Gasteiger partial charge in [-0.15, -0.1) is 0 Å². The Balaban J connectivity index is 1.99. The summed E-state index contributed by atoms with van der Waals surface area (Å²) in [7, 11) is 0. The summed E-state index contributed by atoms with van der Waals surface area (Å²) < 4.78 is 11.1. The van der Waals surface area contributed by atoms with Gasteiger partial charge in [-0.2, -0.15) is 0 Å². The molecule has 1 aliphatic rings. The minimum atomic E-state index is -0.0934. The third-order valence-electron chi connectivity index (χ3n) is 3.07. The second kappa shape index (κ2) is 3.97. The van der Waals surface area contributed by atoms with Crippen LogP contribution in [-0.4, -0.2) is 27.8 Å². The molecule has 3 heterocycles. The number of hydrogen-bond donors (Lipinski definition) is 2. The fraction of sp³-hybridized carbons (Fsp3) is 0.455. The van der Waals surface area contributed by atoms with Gasteiger partial charge in [-0.05, 0) is 12.8 Å². The number of aromatic nitrogens is 2. The Morgan fingerprint density at radius 2 is 2.29 bits per heavy atom. The van der Waals surface area contributed by atoms with Crippen LogP contribution in [0.4, 0.5) is 5.82 Å². The molecule has 0 aromatic carbocycles. The minimum Gasteiger partial charge on any atom is -0.458 e. The minimum absolute atomic E-state index is 0.0450. The molecule has 6 nitrogen and oxygen atoms in total. The number of furan rings is 1. The topological polar surface area (TPSA) is 94.4 Å². The van der Waals surface area contributed by atoms with Gasteiger partial charge in [-0.1, -0.05) is 0 Å². The molecule has 1 aliphatic heterocycles.